The molecular formula is C13H17ClN2O3. The molecule has 1 unspecified atom stereocenters. The van der Waals surface area contributed by atoms with Crippen molar-refractivity contribution in [3.63, 3.8) is 0 Å². The second kappa shape index (κ2) is 6.32. The van der Waals surface area contributed by atoms with Gasteiger partial charge in [-0.3, -0.25) is 15.0 Å². The van der Waals surface area contributed by atoms with Gasteiger partial charge < -0.3 is 4.74 Å². The summed E-state index contributed by atoms with van der Waals surface area (Å²) in [5.41, 5.74) is 0.882. The minimum Gasteiger partial charge on any atom is -0.380 e. The maximum absolute atomic E-state index is 10.8. The van der Waals surface area contributed by atoms with Gasteiger partial charge in [-0.2, -0.15) is 0 Å². The summed E-state index contributed by atoms with van der Waals surface area (Å²) in [6.45, 7) is 2.44. The van der Waals surface area contributed by atoms with Crippen molar-refractivity contribution in [2.24, 2.45) is 0 Å². The molecule has 0 spiro atoms. The maximum atomic E-state index is 10.8. The van der Waals surface area contributed by atoms with Crippen molar-refractivity contribution in [3.8, 4) is 0 Å². The Labute approximate surface area is 117 Å². The fourth-order valence-corrected chi connectivity index (χ4v) is 2.56. The molecule has 6 heteroatoms. The van der Waals surface area contributed by atoms with Crippen molar-refractivity contribution in [1.29, 1.82) is 0 Å². The Kier molecular flexibility index (Phi) is 4.74. The summed E-state index contributed by atoms with van der Waals surface area (Å²) in [5.74, 6) is 0. The van der Waals surface area contributed by atoms with Crippen LogP contribution in [0.2, 0.25) is 5.02 Å². The number of likely N-dealkylation sites (tertiary alicyclic amines) is 1. The molecule has 1 aliphatic rings. The molecule has 0 bridgehead atoms. The lowest BCUT2D eigenvalue weighted by Gasteiger charge is -2.31. The molecule has 1 aromatic carbocycles. The minimum atomic E-state index is -0.395. The monoisotopic (exact) mass is 284 g/mol. The van der Waals surface area contributed by atoms with E-state index in [1.807, 2.05) is 0 Å². The Bertz CT molecular complexity index is 467. The molecule has 0 N–H and O–H groups in total. The number of ether oxygens (including phenoxy) is 1. The van der Waals surface area contributed by atoms with Crippen LogP contribution in [0.15, 0.2) is 18.2 Å². The topological polar surface area (TPSA) is 55.6 Å². The van der Waals surface area contributed by atoms with Crippen LogP contribution in [0.1, 0.15) is 18.4 Å². The number of non-ortho nitro benzene ring substituents is 1. The van der Waals surface area contributed by atoms with Crippen LogP contribution in [0.25, 0.3) is 0 Å². The molecule has 1 heterocycles. The molecule has 5 nitrogen and oxygen atoms in total. The second-order valence-electron chi connectivity index (χ2n) is 4.77. The van der Waals surface area contributed by atoms with Gasteiger partial charge in [0, 0.05) is 37.4 Å². The number of benzene rings is 1. The van der Waals surface area contributed by atoms with E-state index in [2.05, 4.69) is 4.90 Å². The molecule has 1 saturated heterocycles. The van der Waals surface area contributed by atoms with E-state index in [1.54, 1.807) is 19.2 Å². The van der Waals surface area contributed by atoms with Crippen molar-refractivity contribution < 1.29 is 9.66 Å². The van der Waals surface area contributed by atoms with Gasteiger partial charge in [0.05, 0.1) is 11.0 Å². The molecule has 1 aliphatic heterocycles. The predicted molar refractivity (Wildman–Crippen MR) is 73.4 cm³/mol. The highest BCUT2D eigenvalue weighted by Crippen LogP contribution is 2.24. The van der Waals surface area contributed by atoms with E-state index < -0.39 is 4.92 Å². The Hall–Kier alpha value is -1.17. The van der Waals surface area contributed by atoms with Gasteiger partial charge in [-0.05, 0) is 31.0 Å². The number of hydrogen-bond acceptors (Lipinski definition) is 4. The van der Waals surface area contributed by atoms with Crippen molar-refractivity contribution in [2.45, 2.75) is 25.5 Å². The first-order valence-electron chi connectivity index (χ1n) is 6.28. The van der Waals surface area contributed by atoms with Gasteiger partial charge in [0.25, 0.3) is 5.69 Å². The first kappa shape index (κ1) is 14.2. The lowest BCUT2D eigenvalue weighted by molar-refractivity contribution is -0.384. The molecular weight excluding hydrogens is 268 g/mol. The van der Waals surface area contributed by atoms with E-state index in [0.717, 1.165) is 31.5 Å². The largest absolute Gasteiger partial charge is 0.380 e. The molecule has 0 aliphatic carbocycles. The average Bonchev–Trinajstić information content (AvgIpc) is 2.41. The molecule has 19 heavy (non-hydrogen) atoms. The first-order valence-corrected chi connectivity index (χ1v) is 6.66. The number of nitro groups is 1. The number of hydrogen-bond donors (Lipinski definition) is 0. The van der Waals surface area contributed by atoms with Crippen LogP contribution < -0.4 is 0 Å². The van der Waals surface area contributed by atoms with Gasteiger partial charge in [0.1, 0.15) is 0 Å². The Morgan fingerprint density at radius 1 is 1.58 bits per heavy atom. The fourth-order valence-electron chi connectivity index (χ4n) is 2.39. The molecule has 1 fully saturated rings. The number of nitrogens with zero attached hydrogens (tertiary/aromatic N) is 2. The quantitative estimate of drug-likeness (QED) is 0.630. The third-order valence-corrected chi connectivity index (χ3v) is 3.80. The van der Waals surface area contributed by atoms with Crippen LogP contribution in [0, 0.1) is 10.1 Å². The van der Waals surface area contributed by atoms with Crippen molar-refractivity contribution in [1.82, 2.24) is 4.90 Å². The highest BCUT2D eigenvalue weighted by Gasteiger charge is 2.20. The van der Waals surface area contributed by atoms with Crippen molar-refractivity contribution >= 4 is 17.3 Å². The van der Waals surface area contributed by atoms with E-state index in [-0.39, 0.29) is 11.8 Å². The molecule has 2 rings (SSSR count). The van der Waals surface area contributed by atoms with Crippen LogP contribution in [-0.2, 0) is 11.3 Å². The van der Waals surface area contributed by atoms with E-state index in [9.17, 15) is 10.1 Å². The number of halogens is 1. The van der Waals surface area contributed by atoms with Crippen LogP contribution in [-0.4, -0.2) is 36.1 Å². The Morgan fingerprint density at radius 3 is 3.05 bits per heavy atom. The summed E-state index contributed by atoms with van der Waals surface area (Å²) in [7, 11) is 1.72. The third kappa shape index (κ3) is 3.65. The van der Waals surface area contributed by atoms with Crippen LogP contribution in [0.4, 0.5) is 5.69 Å². The Balaban J connectivity index is 2.09. The maximum Gasteiger partial charge on any atom is 0.269 e. The van der Waals surface area contributed by atoms with Gasteiger partial charge in [-0.15, -0.1) is 0 Å². The summed E-state index contributed by atoms with van der Waals surface area (Å²) in [6, 6.07) is 4.57. The van der Waals surface area contributed by atoms with E-state index in [1.165, 1.54) is 6.07 Å². The minimum absolute atomic E-state index is 0.0831. The van der Waals surface area contributed by atoms with Gasteiger partial charge in [0.15, 0.2) is 0 Å². The molecule has 1 aromatic rings. The standard InChI is InChI=1S/C13H17ClN2O3/c1-19-12-3-2-6-15(9-12)8-10-7-11(16(17)18)4-5-13(10)14/h4-5,7,12H,2-3,6,8-9H2,1H3. The molecule has 0 saturated carbocycles. The van der Waals surface area contributed by atoms with Crippen molar-refractivity contribution in [2.75, 3.05) is 20.2 Å². The van der Waals surface area contributed by atoms with Crippen LogP contribution in [0.3, 0.4) is 0 Å². The number of nitro benzene ring substituents is 1. The molecule has 104 valence electrons. The number of piperidine rings is 1. The number of methoxy groups -OCH3 is 1. The molecule has 1 atom stereocenters. The van der Waals surface area contributed by atoms with E-state index in [0.29, 0.717) is 11.6 Å². The SMILES string of the molecule is COC1CCCN(Cc2cc([N+](=O)[O-])ccc2Cl)C1. The molecule has 0 amide bonds. The fraction of sp³-hybridized carbons (Fsp3) is 0.538. The van der Waals surface area contributed by atoms with Crippen LogP contribution in [0.5, 0.6) is 0 Å². The lowest BCUT2D eigenvalue weighted by Crippen LogP contribution is -2.38. The van der Waals surface area contributed by atoms with Gasteiger partial charge in [-0.1, -0.05) is 11.6 Å². The number of rotatable bonds is 4. The third-order valence-electron chi connectivity index (χ3n) is 3.43. The summed E-state index contributed by atoms with van der Waals surface area (Å²) in [5, 5.41) is 11.4. The van der Waals surface area contributed by atoms with Crippen molar-refractivity contribution in [3.05, 3.63) is 38.9 Å². The highest BCUT2D eigenvalue weighted by molar-refractivity contribution is 6.31. The summed E-state index contributed by atoms with van der Waals surface area (Å²) >= 11 is 6.11. The zero-order chi connectivity index (χ0) is 13.8. The smallest absolute Gasteiger partial charge is 0.269 e. The second-order valence-corrected chi connectivity index (χ2v) is 5.18. The highest BCUT2D eigenvalue weighted by atomic mass is 35.5. The van der Waals surface area contributed by atoms with Gasteiger partial charge in [0.2, 0.25) is 0 Å². The van der Waals surface area contributed by atoms with Crippen LogP contribution >= 0.6 is 11.6 Å². The summed E-state index contributed by atoms with van der Waals surface area (Å²) < 4.78 is 5.37. The average molecular weight is 285 g/mol. The van der Waals surface area contributed by atoms with Gasteiger partial charge >= 0.3 is 0 Å². The normalized spacial score (nSPS) is 20.4. The lowest BCUT2D eigenvalue weighted by atomic mass is 10.1. The molecule has 0 aromatic heterocycles. The van der Waals surface area contributed by atoms with E-state index >= 15 is 0 Å². The molecule has 0 radical (unpaired) electrons. The Morgan fingerprint density at radius 2 is 2.37 bits per heavy atom. The van der Waals surface area contributed by atoms with E-state index in [4.69, 9.17) is 16.3 Å². The first-order chi connectivity index (χ1) is 9.10. The summed E-state index contributed by atoms with van der Waals surface area (Å²) in [6.07, 6.45) is 2.38. The summed E-state index contributed by atoms with van der Waals surface area (Å²) in [4.78, 5) is 12.6. The predicted octanol–water partition coefficient (Wildman–Crippen LogP) is 2.86. The zero-order valence-corrected chi connectivity index (χ0v) is 11.6. The zero-order valence-electron chi connectivity index (χ0n) is 10.8. The van der Waals surface area contributed by atoms with Gasteiger partial charge in [-0.25, -0.2) is 0 Å².